The zero-order valence-corrected chi connectivity index (χ0v) is 36.0. The van der Waals surface area contributed by atoms with E-state index in [-0.39, 0.29) is 36.7 Å². The molecule has 326 valence electrons. The number of ether oxygens (including phenoxy) is 1. The summed E-state index contributed by atoms with van der Waals surface area (Å²) in [5.41, 5.74) is 8.05. The molecule has 7 amide bonds. The molecule has 3 saturated heterocycles. The maximum absolute atomic E-state index is 13.5. The molecule has 0 spiro atoms. The second-order valence-corrected chi connectivity index (χ2v) is 14.9. The third kappa shape index (κ3) is 17.1. The van der Waals surface area contributed by atoms with Crippen molar-refractivity contribution < 1.29 is 38.3 Å². The van der Waals surface area contributed by atoms with Crippen LogP contribution >= 0.6 is 0 Å². The quantitative estimate of drug-likeness (QED) is 0.174. The van der Waals surface area contributed by atoms with Gasteiger partial charge in [-0.05, 0) is 96.8 Å². The highest BCUT2D eigenvalue weighted by Crippen LogP contribution is 2.26. The fraction of sp³-hybridized carbons (Fsp3) is 0.568. The van der Waals surface area contributed by atoms with Gasteiger partial charge >= 0.3 is 12.0 Å². The number of piperidine rings is 1. The minimum atomic E-state index is -0.662. The van der Waals surface area contributed by atoms with Crippen molar-refractivity contribution in [2.45, 2.75) is 137 Å². The Labute approximate surface area is 350 Å². The van der Waals surface area contributed by atoms with Crippen molar-refractivity contribution in [1.82, 2.24) is 25.3 Å². The van der Waals surface area contributed by atoms with Gasteiger partial charge in [0.05, 0.1) is 13.0 Å². The van der Waals surface area contributed by atoms with Crippen LogP contribution in [0.15, 0.2) is 54.6 Å². The molecule has 3 heterocycles. The van der Waals surface area contributed by atoms with E-state index in [1.165, 1.54) is 10.5 Å². The molecule has 0 radical (unpaired) electrons. The highest BCUT2D eigenvalue weighted by molar-refractivity contribution is 5.93. The van der Waals surface area contributed by atoms with Crippen molar-refractivity contribution in [1.29, 1.82) is 0 Å². The number of rotatable bonds is 12. The third-order valence-electron chi connectivity index (χ3n) is 9.82. The predicted octanol–water partition coefficient (Wildman–Crippen LogP) is 4.70. The molecular weight excluding hydrogens is 755 g/mol. The number of anilines is 1. The highest BCUT2D eigenvalue weighted by atomic mass is 16.5. The van der Waals surface area contributed by atoms with Gasteiger partial charge in [-0.25, -0.2) is 9.59 Å². The maximum atomic E-state index is 13.5. The Kier molecular flexibility index (Phi) is 22.3. The minimum Gasteiger partial charge on any atom is -0.461 e. The molecule has 5 rings (SSSR count). The first-order valence-electron chi connectivity index (χ1n) is 21.0. The summed E-state index contributed by atoms with van der Waals surface area (Å²) in [5, 5.41) is 7.87. The van der Waals surface area contributed by atoms with E-state index in [2.05, 4.69) is 35.0 Å². The molecule has 0 saturated carbocycles. The summed E-state index contributed by atoms with van der Waals surface area (Å²) < 4.78 is 5.46. The van der Waals surface area contributed by atoms with Gasteiger partial charge in [0.25, 0.3) is 0 Å². The van der Waals surface area contributed by atoms with Crippen LogP contribution in [-0.4, -0.2) is 113 Å². The molecule has 5 N–H and O–H groups in total. The van der Waals surface area contributed by atoms with Crippen molar-refractivity contribution in [3.8, 4) is 0 Å². The Hall–Kier alpha value is -5.47. The molecule has 3 aliphatic heterocycles. The van der Waals surface area contributed by atoms with E-state index in [1.807, 2.05) is 71.0 Å². The lowest BCUT2D eigenvalue weighted by Crippen LogP contribution is -2.57. The second kappa shape index (κ2) is 26.5. The van der Waals surface area contributed by atoms with Crippen LogP contribution in [0.3, 0.4) is 0 Å². The molecule has 0 aromatic heterocycles. The zero-order chi connectivity index (χ0) is 43.9. The summed E-state index contributed by atoms with van der Waals surface area (Å²) >= 11 is 0. The number of esters is 1. The Morgan fingerprint density at radius 2 is 1.47 bits per heavy atom. The number of benzene rings is 2. The smallest absolute Gasteiger partial charge is 0.329 e. The van der Waals surface area contributed by atoms with Crippen LogP contribution in [0, 0.1) is 6.92 Å². The number of nitrogens with two attached hydrogens (primary N) is 1. The number of carbonyl (C=O) groups is 7. The van der Waals surface area contributed by atoms with E-state index < -0.39 is 42.1 Å². The number of hydrogen-bond donors (Lipinski definition) is 4. The van der Waals surface area contributed by atoms with Crippen LogP contribution < -0.4 is 21.7 Å². The number of nitrogens with one attached hydrogen (secondary N) is 3. The van der Waals surface area contributed by atoms with Gasteiger partial charge < -0.3 is 41.1 Å². The number of nitrogens with zero attached hydrogens (tertiary/aromatic N) is 3. The van der Waals surface area contributed by atoms with Gasteiger partial charge in [0.2, 0.25) is 30.0 Å². The standard InChI is InChI=1S/C24H38N4O6.C11H15N3O2.C7H8.C2H6/c1-16(2)25-22(31)18-8-4-5-12-28(18)23(32)19-9-7-13-27(19)21(30)14-17(3)34-24(33)20-10-6-11-26(20)15-29;1-2-8-4-3-5-9(6-8)14-11(16)13-7-10(12)15;1-7-5-3-2-4-6-7;1-2/h15-20H,4-14H2,1-3H3,(H,25,31);3-6H,2,7H2,1H3,(H2,12,15)(H2,13,14,16);2-6H,1H3;1-2H3. The van der Waals surface area contributed by atoms with E-state index in [0.717, 1.165) is 31.2 Å². The molecule has 15 heteroatoms. The van der Waals surface area contributed by atoms with E-state index >= 15 is 0 Å². The highest BCUT2D eigenvalue weighted by Gasteiger charge is 2.41. The lowest BCUT2D eigenvalue weighted by atomic mass is 9.99. The third-order valence-corrected chi connectivity index (χ3v) is 9.82. The number of carbonyl (C=O) groups excluding carboxylic acids is 7. The molecule has 3 aliphatic rings. The monoisotopic (exact) mass is 822 g/mol. The van der Waals surface area contributed by atoms with Crippen molar-refractivity contribution in [2.24, 2.45) is 5.73 Å². The number of urea groups is 1. The molecule has 4 atom stereocenters. The molecule has 2 aromatic rings. The van der Waals surface area contributed by atoms with Crippen molar-refractivity contribution in [3.63, 3.8) is 0 Å². The van der Waals surface area contributed by atoms with Gasteiger partial charge in [-0.2, -0.15) is 0 Å². The molecule has 0 aliphatic carbocycles. The van der Waals surface area contributed by atoms with Crippen molar-refractivity contribution >= 4 is 47.7 Å². The first-order chi connectivity index (χ1) is 28.2. The second-order valence-electron chi connectivity index (χ2n) is 14.9. The first kappa shape index (κ1) is 49.7. The van der Waals surface area contributed by atoms with Gasteiger partial charge in [0, 0.05) is 31.4 Å². The number of hydrogen-bond acceptors (Lipinski definition) is 8. The Morgan fingerprint density at radius 3 is 2.08 bits per heavy atom. The zero-order valence-electron chi connectivity index (χ0n) is 36.0. The van der Waals surface area contributed by atoms with E-state index in [1.54, 1.807) is 22.8 Å². The Bertz CT molecular complexity index is 1660. The lowest BCUT2D eigenvalue weighted by molar-refractivity contribution is -0.158. The largest absolute Gasteiger partial charge is 0.461 e. The summed E-state index contributed by atoms with van der Waals surface area (Å²) in [7, 11) is 0. The Balaban J connectivity index is 0.000000393. The van der Waals surface area contributed by atoms with Gasteiger partial charge in [-0.3, -0.25) is 24.0 Å². The van der Waals surface area contributed by atoms with Crippen molar-refractivity contribution in [2.75, 3.05) is 31.5 Å². The van der Waals surface area contributed by atoms with Crippen molar-refractivity contribution in [3.05, 3.63) is 65.7 Å². The van der Waals surface area contributed by atoms with Gasteiger partial charge in [-0.15, -0.1) is 0 Å². The summed E-state index contributed by atoms with van der Waals surface area (Å²) in [6.45, 7) is 14.9. The summed E-state index contributed by atoms with van der Waals surface area (Å²) in [6, 6.07) is 15.6. The maximum Gasteiger partial charge on any atom is 0.329 e. The van der Waals surface area contributed by atoms with Crippen LogP contribution in [0.25, 0.3) is 0 Å². The van der Waals surface area contributed by atoms with E-state index in [0.29, 0.717) is 57.4 Å². The fourth-order valence-electron chi connectivity index (χ4n) is 6.96. The predicted molar refractivity (Wildman–Crippen MR) is 228 cm³/mol. The average molecular weight is 822 g/mol. The number of aryl methyl sites for hydroxylation is 2. The van der Waals surface area contributed by atoms with E-state index in [9.17, 15) is 33.6 Å². The van der Waals surface area contributed by atoms with Gasteiger partial charge in [0.15, 0.2) is 0 Å². The molecule has 3 fully saturated rings. The van der Waals surface area contributed by atoms with Crippen LogP contribution in [0.2, 0.25) is 0 Å². The normalized spacial score (nSPS) is 18.6. The summed E-state index contributed by atoms with van der Waals surface area (Å²) in [4.78, 5) is 89.1. The van der Waals surface area contributed by atoms with Crippen LogP contribution in [0.4, 0.5) is 10.5 Å². The molecule has 2 aromatic carbocycles. The molecule has 0 bridgehead atoms. The van der Waals surface area contributed by atoms with E-state index in [4.69, 9.17) is 10.5 Å². The van der Waals surface area contributed by atoms with Gasteiger partial charge in [0.1, 0.15) is 24.2 Å². The molecule has 4 unspecified atom stereocenters. The number of primary amides is 1. The minimum absolute atomic E-state index is 0.0111. The Morgan fingerprint density at radius 1 is 0.831 bits per heavy atom. The van der Waals surface area contributed by atoms with Crippen LogP contribution in [0.1, 0.15) is 104 Å². The fourth-order valence-corrected chi connectivity index (χ4v) is 6.96. The topological polar surface area (TPSA) is 201 Å². The molecular formula is C44H67N7O8. The summed E-state index contributed by atoms with van der Waals surface area (Å²) in [6.07, 6.45) is 5.79. The van der Waals surface area contributed by atoms with Crippen LogP contribution in [0.5, 0.6) is 0 Å². The number of likely N-dealkylation sites (tertiary alicyclic amines) is 3. The lowest BCUT2D eigenvalue weighted by Gasteiger charge is -2.38. The van der Waals surface area contributed by atoms with Gasteiger partial charge in [-0.1, -0.05) is 68.8 Å². The SMILES string of the molecule is CC.CC(C)NC(=O)C1CCCCN1C(=O)C1CCCN1C(=O)CC(C)OC(=O)C1CCCN1C=O.CCc1cccc(NC(=O)NCC(N)=O)c1.Cc1ccccc1. The first-order valence-corrected chi connectivity index (χ1v) is 21.0. The molecule has 59 heavy (non-hydrogen) atoms. The molecule has 15 nitrogen and oxygen atoms in total. The van der Waals surface area contributed by atoms with Crippen LogP contribution in [-0.2, 0) is 39.9 Å². The number of amides is 7. The summed E-state index contributed by atoms with van der Waals surface area (Å²) in [5.74, 6) is -1.62. The average Bonchev–Trinajstić information content (AvgIpc) is 3.92.